The van der Waals surface area contributed by atoms with Crippen LogP contribution in [0.4, 0.5) is 5.69 Å². The molecule has 8 nitrogen and oxygen atoms in total. The van der Waals surface area contributed by atoms with E-state index >= 15 is 0 Å². The maximum atomic E-state index is 11.8. The summed E-state index contributed by atoms with van der Waals surface area (Å²) in [6.45, 7) is 0.685. The highest BCUT2D eigenvalue weighted by Crippen LogP contribution is 2.13. The van der Waals surface area contributed by atoms with Gasteiger partial charge in [-0.15, -0.1) is 0 Å². The summed E-state index contributed by atoms with van der Waals surface area (Å²) in [6.07, 6.45) is -1.82. The normalized spacial score (nSPS) is 12.7. The first-order chi connectivity index (χ1) is 9.22. The molecule has 0 unspecified atom stereocenters. The molecule has 0 aliphatic heterocycles. The predicted molar refractivity (Wildman–Crippen MR) is 69.6 cm³/mol. The molecular weight excluding hydrogens is 288 g/mol. The number of anilines is 1. The smallest absolute Gasteiger partial charge is 0.333 e. The van der Waals surface area contributed by atoms with Gasteiger partial charge in [0.05, 0.1) is 4.90 Å². The molecule has 1 amide bonds. The summed E-state index contributed by atoms with van der Waals surface area (Å²) in [5, 5.41) is 19.9. The molecule has 0 spiro atoms. The topological polar surface area (TPSA) is 133 Å². The summed E-state index contributed by atoms with van der Waals surface area (Å²) in [4.78, 5) is 21.1. The Morgan fingerprint density at radius 2 is 1.80 bits per heavy atom. The van der Waals surface area contributed by atoms with E-state index in [2.05, 4.69) is 5.32 Å². The van der Waals surface area contributed by atoms with Gasteiger partial charge in [-0.3, -0.25) is 4.79 Å². The van der Waals surface area contributed by atoms with Crippen LogP contribution < -0.4 is 10.0 Å². The highest BCUT2D eigenvalue weighted by Gasteiger charge is 2.19. The highest BCUT2D eigenvalue weighted by atomic mass is 32.2. The molecule has 20 heavy (non-hydrogen) atoms. The molecule has 0 saturated heterocycles. The number of sulfonamides is 1. The van der Waals surface area contributed by atoms with Gasteiger partial charge in [-0.05, 0) is 24.3 Å². The van der Waals surface area contributed by atoms with Crippen molar-refractivity contribution in [1.82, 2.24) is 4.72 Å². The van der Waals surface area contributed by atoms with E-state index in [0.717, 1.165) is 0 Å². The van der Waals surface area contributed by atoms with E-state index in [1.165, 1.54) is 31.2 Å². The van der Waals surface area contributed by atoms with Crippen LogP contribution in [0.5, 0.6) is 0 Å². The number of hydrogen-bond acceptors (Lipinski definition) is 5. The van der Waals surface area contributed by atoms with Crippen LogP contribution in [-0.4, -0.2) is 43.2 Å². The predicted octanol–water partition coefficient (Wildman–Crippen LogP) is -0.631. The molecule has 1 atom stereocenters. The van der Waals surface area contributed by atoms with Crippen LogP contribution in [0.1, 0.15) is 6.92 Å². The SMILES string of the molecule is CC(=O)Nc1ccc(S(=O)(=O)NC[C@H](O)C(=O)O)cc1. The van der Waals surface area contributed by atoms with Crippen molar-refractivity contribution in [2.24, 2.45) is 0 Å². The van der Waals surface area contributed by atoms with Crippen LogP contribution in [0.2, 0.25) is 0 Å². The third kappa shape index (κ3) is 4.61. The van der Waals surface area contributed by atoms with Crippen molar-refractivity contribution in [2.75, 3.05) is 11.9 Å². The maximum absolute atomic E-state index is 11.8. The second kappa shape index (κ2) is 6.46. The number of nitrogens with one attached hydrogen (secondary N) is 2. The van der Waals surface area contributed by atoms with Gasteiger partial charge in [0, 0.05) is 19.2 Å². The molecule has 0 aromatic heterocycles. The lowest BCUT2D eigenvalue weighted by Crippen LogP contribution is -2.36. The van der Waals surface area contributed by atoms with E-state index in [1.807, 2.05) is 4.72 Å². The number of benzene rings is 1. The summed E-state index contributed by atoms with van der Waals surface area (Å²) in [5.74, 6) is -1.81. The second-order valence-corrected chi connectivity index (χ2v) is 5.68. The van der Waals surface area contributed by atoms with Crippen LogP contribution in [0, 0.1) is 0 Å². The lowest BCUT2D eigenvalue weighted by Gasteiger charge is -2.09. The average molecular weight is 302 g/mol. The van der Waals surface area contributed by atoms with Crippen molar-refractivity contribution in [3.63, 3.8) is 0 Å². The second-order valence-electron chi connectivity index (χ2n) is 3.91. The monoisotopic (exact) mass is 302 g/mol. The minimum atomic E-state index is -3.92. The fourth-order valence-corrected chi connectivity index (χ4v) is 2.32. The number of carboxylic acid groups (broad SMARTS) is 1. The zero-order valence-electron chi connectivity index (χ0n) is 10.5. The van der Waals surface area contributed by atoms with Gasteiger partial charge in [0.25, 0.3) is 0 Å². The molecule has 1 aromatic rings. The number of hydrogen-bond donors (Lipinski definition) is 4. The summed E-state index contributed by atoms with van der Waals surface area (Å²) in [5.41, 5.74) is 0.432. The molecular formula is C11H14N2O6S. The molecule has 0 saturated carbocycles. The molecule has 1 aromatic carbocycles. The Hall–Kier alpha value is -1.97. The number of aliphatic hydroxyl groups excluding tert-OH is 1. The van der Waals surface area contributed by atoms with Crippen LogP contribution >= 0.6 is 0 Å². The number of carbonyl (C=O) groups is 2. The third-order valence-electron chi connectivity index (χ3n) is 2.24. The minimum absolute atomic E-state index is 0.107. The third-order valence-corrected chi connectivity index (χ3v) is 3.68. The number of carboxylic acids is 1. The first-order valence-electron chi connectivity index (χ1n) is 5.50. The summed E-state index contributed by atoms with van der Waals surface area (Å²) >= 11 is 0. The Labute approximate surface area is 115 Å². The largest absolute Gasteiger partial charge is 0.479 e. The summed E-state index contributed by atoms with van der Waals surface area (Å²) < 4.78 is 25.6. The average Bonchev–Trinajstić information content (AvgIpc) is 2.35. The summed E-state index contributed by atoms with van der Waals surface area (Å²) in [6, 6.07) is 5.29. The zero-order chi connectivity index (χ0) is 15.3. The van der Waals surface area contributed by atoms with Gasteiger partial charge >= 0.3 is 5.97 Å². The lowest BCUT2D eigenvalue weighted by atomic mass is 10.3. The van der Waals surface area contributed by atoms with Gasteiger partial charge in [-0.2, -0.15) is 0 Å². The Morgan fingerprint density at radius 3 is 2.25 bits per heavy atom. The molecule has 0 radical (unpaired) electrons. The van der Waals surface area contributed by atoms with Crippen molar-refractivity contribution in [3.8, 4) is 0 Å². The van der Waals surface area contributed by atoms with Crippen LogP contribution in [-0.2, 0) is 19.6 Å². The van der Waals surface area contributed by atoms with Crippen molar-refractivity contribution in [3.05, 3.63) is 24.3 Å². The molecule has 110 valence electrons. The number of rotatable bonds is 6. The van der Waals surface area contributed by atoms with Crippen molar-refractivity contribution < 1.29 is 28.2 Å². The maximum Gasteiger partial charge on any atom is 0.333 e. The summed E-state index contributed by atoms with van der Waals surface area (Å²) in [7, 11) is -3.92. The van der Waals surface area contributed by atoms with Crippen molar-refractivity contribution in [2.45, 2.75) is 17.9 Å². The first-order valence-corrected chi connectivity index (χ1v) is 6.99. The Morgan fingerprint density at radius 1 is 1.25 bits per heavy atom. The molecule has 0 heterocycles. The van der Waals surface area contributed by atoms with E-state index in [0.29, 0.717) is 5.69 Å². The molecule has 4 N–H and O–H groups in total. The zero-order valence-corrected chi connectivity index (χ0v) is 11.3. The van der Waals surface area contributed by atoms with E-state index < -0.39 is 28.6 Å². The van der Waals surface area contributed by atoms with E-state index in [1.54, 1.807) is 0 Å². The van der Waals surface area contributed by atoms with Crippen molar-refractivity contribution in [1.29, 1.82) is 0 Å². The van der Waals surface area contributed by atoms with Gasteiger partial charge < -0.3 is 15.5 Å². The Bertz CT molecular complexity index is 596. The Balaban J connectivity index is 2.77. The molecule has 9 heteroatoms. The standard InChI is InChI=1S/C11H14N2O6S/c1-7(14)13-8-2-4-9(5-3-8)20(18,19)12-6-10(15)11(16)17/h2-5,10,12,15H,6H2,1H3,(H,13,14)(H,16,17)/t10-/m0/s1. The van der Waals surface area contributed by atoms with E-state index in [-0.39, 0.29) is 10.8 Å². The molecule has 1 rings (SSSR count). The molecule has 0 aliphatic carbocycles. The Kier molecular flexibility index (Phi) is 5.19. The lowest BCUT2D eigenvalue weighted by molar-refractivity contribution is -0.146. The molecule has 0 fully saturated rings. The van der Waals surface area contributed by atoms with E-state index in [9.17, 15) is 18.0 Å². The van der Waals surface area contributed by atoms with E-state index in [4.69, 9.17) is 10.2 Å². The first kappa shape index (κ1) is 16.1. The van der Waals surface area contributed by atoms with Crippen molar-refractivity contribution >= 4 is 27.6 Å². The molecule has 0 bridgehead atoms. The van der Waals surface area contributed by atoms with Crippen LogP contribution in [0.3, 0.4) is 0 Å². The van der Waals surface area contributed by atoms with Gasteiger partial charge in [0.15, 0.2) is 6.10 Å². The number of aliphatic hydroxyl groups is 1. The van der Waals surface area contributed by atoms with Gasteiger partial charge in [-0.1, -0.05) is 0 Å². The fourth-order valence-electron chi connectivity index (χ4n) is 1.28. The fraction of sp³-hybridized carbons (Fsp3) is 0.273. The highest BCUT2D eigenvalue weighted by molar-refractivity contribution is 7.89. The van der Waals surface area contributed by atoms with Crippen LogP contribution in [0.25, 0.3) is 0 Å². The quantitative estimate of drug-likeness (QED) is 0.553. The van der Waals surface area contributed by atoms with Gasteiger partial charge in [0.2, 0.25) is 15.9 Å². The van der Waals surface area contributed by atoms with Crippen LogP contribution in [0.15, 0.2) is 29.2 Å². The van der Waals surface area contributed by atoms with Gasteiger partial charge in [0.1, 0.15) is 0 Å². The van der Waals surface area contributed by atoms with Gasteiger partial charge in [-0.25, -0.2) is 17.9 Å². The number of carbonyl (C=O) groups excluding carboxylic acids is 1. The minimum Gasteiger partial charge on any atom is -0.479 e. The number of aliphatic carboxylic acids is 1. The molecule has 0 aliphatic rings. The number of amides is 1.